The molecule has 0 aromatic rings. The van der Waals surface area contributed by atoms with Crippen molar-refractivity contribution in [2.45, 2.75) is 45.8 Å². The first kappa shape index (κ1) is 15.9. The van der Waals surface area contributed by atoms with E-state index in [0.29, 0.717) is 12.5 Å². The van der Waals surface area contributed by atoms with Crippen LogP contribution in [0.3, 0.4) is 0 Å². The van der Waals surface area contributed by atoms with Crippen LogP contribution in [-0.4, -0.2) is 46.0 Å². The number of rotatable bonds is 7. The van der Waals surface area contributed by atoms with Crippen LogP contribution in [0.1, 0.15) is 33.6 Å². The summed E-state index contributed by atoms with van der Waals surface area (Å²) in [6, 6.07) is 0.250. The summed E-state index contributed by atoms with van der Waals surface area (Å²) in [5.41, 5.74) is 0. The summed E-state index contributed by atoms with van der Waals surface area (Å²) in [5.74, 6) is 0.556. The largest absolute Gasteiger partial charge is 0.378 e. The average molecular weight is 278 g/mol. The van der Waals surface area contributed by atoms with Gasteiger partial charge in [-0.1, -0.05) is 6.92 Å². The van der Waals surface area contributed by atoms with Crippen LogP contribution in [0.2, 0.25) is 0 Å². The molecule has 18 heavy (non-hydrogen) atoms. The normalized spacial score (nSPS) is 25.6. The molecule has 0 saturated carbocycles. The minimum atomic E-state index is -3.22. The maximum Gasteiger partial charge on any atom is 0.213 e. The fourth-order valence-corrected chi connectivity index (χ4v) is 2.96. The summed E-state index contributed by atoms with van der Waals surface area (Å²) >= 11 is 0. The zero-order chi connectivity index (χ0) is 13.6. The van der Waals surface area contributed by atoms with Gasteiger partial charge in [0.15, 0.2) is 0 Å². The highest BCUT2D eigenvalue weighted by molar-refractivity contribution is 7.89. The molecule has 1 saturated heterocycles. The van der Waals surface area contributed by atoms with Crippen molar-refractivity contribution in [3.63, 3.8) is 0 Å². The zero-order valence-corrected chi connectivity index (χ0v) is 12.4. The summed E-state index contributed by atoms with van der Waals surface area (Å²) in [6.07, 6.45) is 2.41. The van der Waals surface area contributed by atoms with E-state index in [4.69, 9.17) is 4.74 Å². The molecule has 1 heterocycles. The Bertz CT molecular complexity index is 330. The molecule has 1 aliphatic rings. The second-order valence-electron chi connectivity index (χ2n) is 5.27. The van der Waals surface area contributed by atoms with Gasteiger partial charge in [-0.25, -0.2) is 13.1 Å². The second-order valence-corrected chi connectivity index (χ2v) is 7.19. The molecule has 1 fully saturated rings. The lowest BCUT2D eigenvalue weighted by atomic mass is 9.93. The number of nitrogens with one attached hydrogen (secondary N) is 2. The Kier molecular flexibility index (Phi) is 6.55. The summed E-state index contributed by atoms with van der Waals surface area (Å²) in [5, 5.41) is 3.36. The molecule has 0 radical (unpaired) electrons. The molecule has 108 valence electrons. The number of sulfonamides is 1. The van der Waals surface area contributed by atoms with Gasteiger partial charge in [0.25, 0.3) is 0 Å². The van der Waals surface area contributed by atoms with Gasteiger partial charge >= 0.3 is 0 Å². The van der Waals surface area contributed by atoms with Crippen molar-refractivity contribution in [2.24, 2.45) is 5.92 Å². The lowest BCUT2D eigenvalue weighted by molar-refractivity contribution is 0.0911. The van der Waals surface area contributed by atoms with Crippen LogP contribution in [0.4, 0.5) is 0 Å². The third-order valence-corrected chi connectivity index (χ3v) is 4.57. The van der Waals surface area contributed by atoms with Crippen molar-refractivity contribution < 1.29 is 13.2 Å². The molecular formula is C12H26N2O3S. The van der Waals surface area contributed by atoms with E-state index in [1.165, 1.54) is 6.42 Å². The molecule has 1 aliphatic heterocycles. The Balaban J connectivity index is 2.27. The van der Waals surface area contributed by atoms with E-state index in [0.717, 1.165) is 13.0 Å². The molecule has 2 unspecified atom stereocenters. The van der Waals surface area contributed by atoms with Crippen molar-refractivity contribution in [2.75, 3.05) is 25.4 Å². The second kappa shape index (κ2) is 7.43. The fraction of sp³-hybridized carbons (Fsp3) is 1.00. The SMILES string of the molecule is CC(C)OCCS(=O)(=O)NCC1NCCCC1C. The van der Waals surface area contributed by atoms with Crippen LogP contribution in [-0.2, 0) is 14.8 Å². The standard InChI is InChI=1S/C12H26N2O3S/c1-10(2)17-7-8-18(15,16)14-9-12-11(3)5-4-6-13-12/h10-14H,4-9H2,1-3H3. The molecule has 0 aromatic heterocycles. The Morgan fingerprint density at radius 2 is 2.17 bits per heavy atom. The topological polar surface area (TPSA) is 67.4 Å². The smallest absolute Gasteiger partial charge is 0.213 e. The summed E-state index contributed by atoms with van der Waals surface area (Å²) < 4.78 is 31.4. The Morgan fingerprint density at radius 1 is 1.44 bits per heavy atom. The van der Waals surface area contributed by atoms with Crippen LogP contribution in [0.25, 0.3) is 0 Å². The van der Waals surface area contributed by atoms with E-state index in [9.17, 15) is 8.42 Å². The van der Waals surface area contributed by atoms with Crippen molar-refractivity contribution in [3.8, 4) is 0 Å². The first-order valence-electron chi connectivity index (χ1n) is 6.73. The van der Waals surface area contributed by atoms with Gasteiger partial charge in [-0.2, -0.15) is 0 Å². The van der Waals surface area contributed by atoms with Crippen LogP contribution in [0.5, 0.6) is 0 Å². The van der Waals surface area contributed by atoms with E-state index in [1.807, 2.05) is 13.8 Å². The molecule has 0 amide bonds. The summed E-state index contributed by atoms with van der Waals surface area (Å²) in [6.45, 7) is 7.66. The predicted octanol–water partition coefficient (Wildman–Crippen LogP) is 0.719. The maximum absolute atomic E-state index is 11.7. The average Bonchev–Trinajstić information content (AvgIpc) is 2.27. The lowest BCUT2D eigenvalue weighted by Crippen LogP contribution is -2.48. The molecular weight excluding hydrogens is 252 g/mol. The van der Waals surface area contributed by atoms with Crippen molar-refractivity contribution in [1.82, 2.24) is 10.0 Å². The summed E-state index contributed by atoms with van der Waals surface area (Å²) in [4.78, 5) is 0. The summed E-state index contributed by atoms with van der Waals surface area (Å²) in [7, 11) is -3.22. The van der Waals surface area contributed by atoms with E-state index in [2.05, 4.69) is 17.0 Å². The Hall–Kier alpha value is -0.170. The zero-order valence-electron chi connectivity index (χ0n) is 11.6. The first-order valence-corrected chi connectivity index (χ1v) is 8.38. The quantitative estimate of drug-likeness (QED) is 0.720. The minimum absolute atomic E-state index is 0.0340. The monoisotopic (exact) mass is 278 g/mol. The van der Waals surface area contributed by atoms with E-state index >= 15 is 0 Å². The van der Waals surface area contributed by atoms with Gasteiger partial charge in [-0.3, -0.25) is 0 Å². The molecule has 5 nitrogen and oxygen atoms in total. The minimum Gasteiger partial charge on any atom is -0.378 e. The maximum atomic E-state index is 11.7. The predicted molar refractivity (Wildman–Crippen MR) is 73.1 cm³/mol. The number of ether oxygens (including phenoxy) is 1. The van der Waals surface area contributed by atoms with Crippen LogP contribution < -0.4 is 10.0 Å². The fourth-order valence-electron chi connectivity index (χ4n) is 2.07. The molecule has 0 aromatic carbocycles. The lowest BCUT2D eigenvalue weighted by Gasteiger charge is -2.30. The molecule has 1 rings (SSSR count). The highest BCUT2D eigenvalue weighted by Crippen LogP contribution is 2.14. The Morgan fingerprint density at radius 3 is 2.78 bits per heavy atom. The van der Waals surface area contributed by atoms with Crippen LogP contribution >= 0.6 is 0 Å². The third-order valence-electron chi connectivity index (χ3n) is 3.26. The van der Waals surface area contributed by atoms with E-state index in [1.54, 1.807) is 0 Å². The molecule has 2 atom stereocenters. The van der Waals surface area contributed by atoms with Gasteiger partial charge < -0.3 is 10.1 Å². The van der Waals surface area contributed by atoms with E-state index in [-0.39, 0.29) is 24.5 Å². The van der Waals surface area contributed by atoms with Gasteiger partial charge in [0.2, 0.25) is 10.0 Å². The van der Waals surface area contributed by atoms with Gasteiger partial charge in [0.05, 0.1) is 18.5 Å². The number of hydrogen-bond donors (Lipinski definition) is 2. The molecule has 0 spiro atoms. The highest BCUT2D eigenvalue weighted by Gasteiger charge is 2.22. The van der Waals surface area contributed by atoms with Gasteiger partial charge in [0, 0.05) is 12.6 Å². The van der Waals surface area contributed by atoms with Gasteiger partial charge in [-0.05, 0) is 39.2 Å². The third kappa shape index (κ3) is 6.13. The highest BCUT2D eigenvalue weighted by atomic mass is 32.2. The number of piperidine rings is 1. The molecule has 0 aliphatic carbocycles. The van der Waals surface area contributed by atoms with Crippen molar-refractivity contribution >= 4 is 10.0 Å². The number of hydrogen-bond acceptors (Lipinski definition) is 4. The van der Waals surface area contributed by atoms with Gasteiger partial charge in [0.1, 0.15) is 0 Å². The van der Waals surface area contributed by atoms with Crippen molar-refractivity contribution in [1.29, 1.82) is 0 Å². The van der Waals surface area contributed by atoms with Crippen LogP contribution in [0, 0.1) is 5.92 Å². The molecule has 6 heteroatoms. The Labute approximate surface area is 111 Å². The van der Waals surface area contributed by atoms with Gasteiger partial charge in [-0.15, -0.1) is 0 Å². The molecule has 0 bridgehead atoms. The van der Waals surface area contributed by atoms with Crippen molar-refractivity contribution in [3.05, 3.63) is 0 Å². The molecule has 2 N–H and O–H groups in total. The first-order chi connectivity index (χ1) is 8.41. The van der Waals surface area contributed by atoms with E-state index < -0.39 is 10.0 Å². The van der Waals surface area contributed by atoms with Crippen LogP contribution in [0.15, 0.2) is 0 Å².